The molecule has 0 aromatic heterocycles. The lowest BCUT2D eigenvalue weighted by Crippen LogP contribution is -2.10. The van der Waals surface area contributed by atoms with Crippen LogP contribution >= 0.6 is 0 Å². The SMILES string of the molecule is CC(C)(C)c1ccc(/C=C/CCO)cc1. The molecule has 82 valence electrons. The quantitative estimate of drug-likeness (QED) is 0.800. The molecule has 15 heavy (non-hydrogen) atoms. The molecule has 0 heterocycles. The van der Waals surface area contributed by atoms with Gasteiger partial charge < -0.3 is 5.11 Å². The minimum absolute atomic E-state index is 0.216. The summed E-state index contributed by atoms with van der Waals surface area (Å²) in [6, 6.07) is 8.57. The van der Waals surface area contributed by atoms with E-state index in [4.69, 9.17) is 5.11 Å². The average molecular weight is 204 g/mol. The van der Waals surface area contributed by atoms with Gasteiger partial charge in [-0.3, -0.25) is 0 Å². The van der Waals surface area contributed by atoms with E-state index in [1.54, 1.807) is 0 Å². The summed E-state index contributed by atoms with van der Waals surface area (Å²) in [7, 11) is 0. The number of benzene rings is 1. The maximum atomic E-state index is 8.64. The smallest absolute Gasteiger partial charge is 0.0465 e. The first-order chi connectivity index (χ1) is 7.04. The Morgan fingerprint density at radius 1 is 1.13 bits per heavy atom. The third-order valence-electron chi connectivity index (χ3n) is 2.38. The van der Waals surface area contributed by atoms with Crippen LogP contribution in [0.2, 0.25) is 0 Å². The lowest BCUT2D eigenvalue weighted by Gasteiger charge is -2.18. The highest BCUT2D eigenvalue weighted by Crippen LogP contribution is 2.22. The van der Waals surface area contributed by atoms with Crippen LogP contribution in [0.25, 0.3) is 6.08 Å². The Kier molecular flexibility index (Phi) is 4.10. The lowest BCUT2D eigenvalue weighted by molar-refractivity contribution is 0.303. The minimum Gasteiger partial charge on any atom is -0.396 e. The van der Waals surface area contributed by atoms with Gasteiger partial charge in [0.1, 0.15) is 0 Å². The van der Waals surface area contributed by atoms with Crippen molar-refractivity contribution >= 4 is 6.08 Å². The minimum atomic E-state index is 0.216. The zero-order valence-corrected chi connectivity index (χ0v) is 9.83. The van der Waals surface area contributed by atoms with Crippen molar-refractivity contribution in [3.63, 3.8) is 0 Å². The Labute approximate surface area is 92.5 Å². The van der Waals surface area contributed by atoms with Gasteiger partial charge in [0.05, 0.1) is 0 Å². The van der Waals surface area contributed by atoms with E-state index in [-0.39, 0.29) is 12.0 Å². The summed E-state index contributed by atoms with van der Waals surface area (Å²) in [5.41, 5.74) is 2.76. The van der Waals surface area contributed by atoms with Crippen molar-refractivity contribution in [2.75, 3.05) is 6.61 Å². The fourth-order valence-corrected chi connectivity index (χ4v) is 1.39. The van der Waals surface area contributed by atoms with Crippen LogP contribution in [-0.2, 0) is 5.41 Å². The lowest BCUT2D eigenvalue weighted by atomic mass is 9.87. The molecule has 0 unspecified atom stereocenters. The van der Waals surface area contributed by atoms with Gasteiger partial charge in [-0.2, -0.15) is 0 Å². The molecule has 0 aliphatic rings. The topological polar surface area (TPSA) is 20.2 Å². The first kappa shape index (κ1) is 12.0. The monoisotopic (exact) mass is 204 g/mol. The number of aliphatic hydroxyl groups excluding tert-OH is 1. The zero-order chi connectivity index (χ0) is 11.3. The summed E-state index contributed by atoms with van der Waals surface area (Å²) in [6.07, 6.45) is 4.76. The molecule has 0 radical (unpaired) electrons. The highest BCUT2D eigenvalue weighted by Gasteiger charge is 2.12. The van der Waals surface area contributed by atoms with Crippen LogP contribution in [0, 0.1) is 0 Å². The molecule has 0 atom stereocenters. The van der Waals surface area contributed by atoms with Gasteiger partial charge in [-0.1, -0.05) is 57.2 Å². The Morgan fingerprint density at radius 2 is 1.73 bits per heavy atom. The Morgan fingerprint density at radius 3 is 2.20 bits per heavy atom. The second-order valence-electron chi connectivity index (χ2n) is 4.79. The normalized spacial score (nSPS) is 12.3. The zero-order valence-electron chi connectivity index (χ0n) is 9.83. The molecule has 0 aliphatic carbocycles. The molecule has 1 aromatic carbocycles. The predicted molar refractivity (Wildman–Crippen MR) is 65.9 cm³/mol. The van der Waals surface area contributed by atoms with Gasteiger partial charge in [-0.15, -0.1) is 0 Å². The van der Waals surface area contributed by atoms with Gasteiger partial charge in [-0.25, -0.2) is 0 Å². The fourth-order valence-electron chi connectivity index (χ4n) is 1.39. The summed E-state index contributed by atoms with van der Waals surface area (Å²) in [6.45, 7) is 6.85. The molecule has 0 fully saturated rings. The molecule has 0 bridgehead atoms. The van der Waals surface area contributed by atoms with E-state index in [1.807, 2.05) is 12.2 Å². The van der Waals surface area contributed by atoms with Crippen molar-refractivity contribution in [2.45, 2.75) is 32.6 Å². The molecule has 1 heteroatoms. The van der Waals surface area contributed by atoms with Crippen LogP contribution in [0.5, 0.6) is 0 Å². The van der Waals surface area contributed by atoms with Gasteiger partial charge >= 0.3 is 0 Å². The summed E-state index contributed by atoms with van der Waals surface area (Å²) in [4.78, 5) is 0. The second-order valence-corrected chi connectivity index (χ2v) is 4.79. The van der Waals surface area contributed by atoms with E-state index in [2.05, 4.69) is 45.0 Å². The fraction of sp³-hybridized carbons (Fsp3) is 0.429. The van der Waals surface area contributed by atoms with E-state index < -0.39 is 0 Å². The summed E-state index contributed by atoms with van der Waals surface area (Å²) in [5, 5.41) is 8.64. The van der Waals surface area contributed by atoms with E-state index >= 15 is 0 Å². The molecule has 1 rings (SSSR count). The van der Waals surface area contributed by atoms with Gasteiger partial charge in [-0.05, 0) is 23.0 Å². The summed E-state index contributed by atoms with van der Waals surface area (Å²) >= 11 is 0. The van der Waals surface area contributed by atoms with E-state index in [0.717, 1.165) is 6.42 Å². The van der Waals surface area contributed by atoms with E-state index in [1.165, 1.54) is 11.1 Å². The highest BCUT2D eigenvalue weighted by molar-refractivity contribution is 5.50. The third-order valence-corrected chi connectivity index (χ3v) is 2.38. The van der Waals surface area contributed by atoms with Crippen LogP contribution in [0.4, 0.5) is 0 Å². The maximum Gasteiger partial charge on any atom is 0.0465 e. The molecular formula is C14H20O. The molecule has 0 spiro atoms. The molecule has 0 saturated carbocycles. The van der Waals surface area contributed by atoms with Gasteiger partial charge in [0.2, 0.25) is 0 Å². The second kappa shape index (κ2) is 5.13. The van der Waals surface area contributed by atoms with Gasteiger partial charge in [0.25, 0.3) is 0 Å². The maximum absolute atomic E-state index is 8.64. The number of hydrogen-bond donors (Lipinski definition) is 1. The van der Waals surface area contributed by atoms with Gasteiger partial charge in [0, 0.05) is 6.61 Å². The Hall–Kier alpha value is -1.08. The Bertz CT molecular complexity index is 314. The van der Waals surface area contributed by atoms with E-state index in [0.29, 0.717) is 0 Å². The predicted octanol–water partition coefficient (Wildman–Crippen LogP) is 3.38. The molecule has 0 saturated heterocycles. The van der Waals surface area contributed by atoms with Crippen molar-refractivity contribution in [3.05, 3.63) is 41.5 Å². The molecular weight excluding hydrogens is 184 g/mol. The molecule has 0 aliphatic heterocycles. The van der Waals surface area contributed by atoms with Crippen LogP contribution in [0.3, 0.4) is 0 Å². The van der Waals surface area contributed by atoms with Crippen LogP contribution in [0.1, 0.15) is 38.3 Å². The molecule has 0 amide bonds. The number of rotatable bonds is 3. The summed E-state index contributed by atoms with van der Waals surface area (Å²) in [5.74, 6) is 0. The van der Waals surface area contributed by atoms with Crippen molar-refractivity contribution in [2.24, 2.45) is 0 Å². The van der Waals surface area contributed by atoms with E-state index in [9.17, 15) is 0 Å². The third kappa shape index (κ3) is 3.88. The number of aliphatic hydroxyl groups is 1. The standard InChI is InChI=1S/C14H20O/c1-14(2,3)13-9-7-12(8-10-13)6-4-5-11-15/h4,6-10,15H,5,11H2,1-3H3/b6-4+. The number of hydrogen-bond acceptors (Lipinski definition) is 1. The summed E-state index contributed by atoms with van der Waals surface area (Å²) < 4.78 is 0. The molecule has 1 aromatic rings. The van der Waals surface area contributed by atoms with Crippen molar-refractivity contribution in [1.29, 1.82) is 0 Å². The molecule has 1 N–H and O–H groups in total. The van der Waals surface area contributed by atoms with Crippen molar-refractivity contribution in [1.82, 2.24) is 0 Å². The van der Waals surface area contributed by atoms with Crippen LogP contribution < -0.4 is 0 Å². The Balaban J connectivity index is 2.73. The van der Waals surface area contributed by atoms with Crippen molar-refractivity contribution < 1.29 is 5.11 Å². The highest BCUT2D eigenvalue weighted by atomic mass is 16.2. The van der Waals surface area contributed by atoms with Crippen LogP contribution in [-0.4, -0.2) is 11.7 Å². The largest absolute Gasteiger partial charge is 0.396 e. The van der Waals surface area contributed by atoms with Gasteiger partial charge in [0.15, 0.2) is 0 Å². The first-order valence-electron chi connectivity index (χ1n) is 5.42. The molecule has 1 nitrogen and oxygen atoms in total. The first-order valence-corrected chi connectivity index (χ1v) is 5.42. The van der Waals surface area contributed by atoms with Crippen LogP contribution in [0.15, 0.2) is 30.3 Å². The van der Waals surface area contributed by atoms with Crippen molar-refractivity contribution in [3.8, 4) is 0 Å². The average Bonchev–Trinajstić information content (AvgIpc) is 2.18.